The molecule has 0 spiro atoms. The maximum atomic E-state index is 12.2. The highest BCUT2D eigenvalue weighted by Crippen LogP contribution is 2.37. The van der Waals surface area contributed by atoms with Gasteiger partial charge in [0.05, 0.1) is 0 Å². The van der Waals surface area contributed by atoms with Gasteiger partial charge in [0.2, 0.25) is 5.91 Å². The van der Waals surface area contributed by atoms with Crippen LogP contribution < -0.4 is 16.2 Å². The van der Waals surface area contributed by atoms with E-state index >= 15 is 0 Å². The van der Waals surface area contributed by atoms with Gasteiger partial charge in [-0.3, -0.25) is 20.4 Å². The second kappa shape index (κ2) is 8.81. The lowest BCUT2D eigenvalue weighted by atomic mass is 9.80. The highest BCUT2D eigenvalue weighted by atomic mass is 28.4. The van der Waals surface area contributed by atoms with E-state index in [0.29, 0.717) is 12.8 Å². The number of carbonyl (C=O) groups is 3. The van der Waals surface area contributed by atoms with Gasteiger partial charge in [0.25, 0.3) is 5.91 Å². The minimum Gasteiger partial charge on any atom is -0.444 e. The zero-order valence-corrected chi connectivity index (χ0v) is 19.7. The first-order valence-corrected chi connectivity index (χ1v) is 12.7. The molecule has 8 nitrogen and oxygen atoms in total. The standard InChI is InChI=1S/C19H37N3O5Si/c1-12(27-28(8,9)19(5,6)7)15(23)21-22-16(24)13-10-14(11-13)20-17(25)26-18(2,3)4/h12-14H,10-11H2,1-9H3,(H,20,25)(H,21,23)(H,22,24)/t12-,13?,14?/m1/s1. The Balaban J connectivity index is 2.34. The molecule has 0 heterocycles. The third-order valence-electron chi connectivity index (χ3n) is 5.19. The summed E-state index contributed by atoms with van der Waals surface area (Å²) in [6, 6.07) is -0.0952. The minimum atomic E-state index is -2.07. The lowest BCUT2D eigenvalue weighted by Gasteiger charge is -2.38. The van der Waals surface area contributed by atoms with Crippen LogP contribution in [0.4, 0.5) is 4.79 Å². The number of ether oxygens (including phenoxy) is 1. The summed E-state index contributed by atoms with van der Waals surface area (Å²) in [5, 5.41) is 2.73. The van der Waals surface area contributed by atoms with Gasteiger partial charge in [0, 0.05) is 12.0 Å². The molecule has 3 amide bonds. The summed E-state index contributed by atoms with van der Waals surface area (Å²) in [5.41, 5.74) is 4.34. The van der Waals surface area contributed by atoms with Crippen molar-refractivity contribution in [2.45, 2.75) is 97.2 Å². The first-order chi connectivity index (χ1) is 12.5. The fourth-order valence-electron chi connectivity index (χ4n) is 2.42. The number of nitrogens with one attached hydrogen (secondary N) is 3. The summed E-state index contributed by atoms with van der Waals surface area (Å²) in [6.45, 7) is 17.5. The van der Waals surface area contributed by atoms with E-state index in [0.717, 1.165) is 0 Å². The van der Waals surface area contributed by atoms with Gasteiger partial charge in [-0.05, 0) is 58.7 Å². The molecule has 0 unspecified atom stereocenters. The predicted molar refractivity (Wildman–Crippen MR) is 110 cm³/mol. The van der Waals surface area contributed by atoms with Gasteiger partial charge in [-0.1, -0.05) is 20.8 Å². The van der Waals surface area contributed by atoms with E-state index in [2.05, 4.69) is 50.0 Å². The Labute approximate surface area is 169 Å². The molecule has 3 N–H and O–H groups in total. The van der Waals surface area contributed by atoms with Crippen LogP contribution in [0.5, 0.6) is 0 Å². The largest absolute Gasteiger partial charge is 0.444 e. The molecule has 1 aliphatic carbocycles. The van der Waals surface area contributed by atoms with E-state index in [1.807, 2.05) is 0 Å². The van der Waals surface area contributed by atoms with Gasteiger partial charge >= 0.3 is 6.09 Å². The van der Waals surface area contributed by atoms with Crippen LogP contribution in [0.1, 0.15) is 61.3 Å². The third-order valence-corrected chi connectivity index (χ3v) is 9.74. The van der Waals surface area contributed by atoms with Gasteiger partial charge < -0.3 is 14.5 Å². The van der Waals surface area contributed by atoms with Gasteiger partial charge in [0.1, 0.15) is 11.7 Å². The first kappa shape index (κ1) is 24.4. The molecule has 0 aromatic carbocycles. The zero-order valence-electron chi connectivity index (χ0n) is 18.7. The Morgan fingerprint density at radius 2 is 1.54 bits per heavy atom. The van der Waals surface area contributed by atoms with Gasteiger partial charge in [-0.2, -0.15) is 0 Å². The highest BCUT2D eigenvalue weighted by Gasteiger charge is 2.40. The van der Waals surface area contributed by atoms with Crippen LogP contribution in [0, 0.1) is 5.92 Å². The van der Waals surface area contributed by atoms with E-state index < -0.39 is 26.1 Å². The Hall–Kier alpha value is -1.61. The Bertz CT molecular complexity index is 589. The van der Waals surface area contributed by atoms with Gasteiger partial charge in [-0.15, -0.1) is 0 Å². The zero-order chi connectivity index (χ0) is 21.9. The lowest BCUT2D eigenvalue weighted by molar-refractivity contribution is -0.136. The van der Waals surface area contributed by atoms with E-state index in [9.17, 15) is 14.4 Å². The topological polar surface area (TPSA) is 106 Å². The summed E-state index contributed by atoms with van der Waals surface area (Å²) in [4.78, 5) is 36.1. The maximum Gasteiger partial charge on any atom is 0.407 e. The SMILES string of the molecule is C[C@@H](O[Si](C)(C)C(C)(C)C)C(=O)NNC(=O)C1CC(NC(=O)OC(C)(C)C)C1. The second-order valence-corrected chi connectivity index (χ2v) is 14.8. The van der Waals surface area contributed by atoms with Crippen molar-refractivity contribution in [3.63, 3.8) is 0 Å². The fraction of sp³-hybridized carbons (Fsp3) is 0.842. The van der Waals surface area contributed by atoms with Crippen LogP contribution in [0.15, 0.2) is 0 Å². The Kier molecular flexibility index (Phi) is 7.69. The van der Waals surface area contributed by atoms with Crippen molar-refractivity contribution >= 4 is 26.2 Å². The quantitative estimate of drug-likeness (QED) is 0.473. The molecule has 0 aromatic heterocycles. The molecular formula is C19H37N3O5Si. The molecule has 9 heteroatoms. The molecule has 0 bridgehead atoms. The number of hydrogen-bond donors (Lipinski definition) is 3. The van der Waals surface area contributed by atoms with E-state index in [1.54, 1.807) is 27.7 Å². The molecule has 1 fully saturated rings. The average Bonchev–Trinajstić information content (AvgIpc) is 2.44. The van der Waals surface area contributed by atoms with E-state index in [4.69, 9.17) is 9.16 Å². The minimum absolute atomic E-state index is 0.00707. The van der Waals surface area contributed by atoms with Crippen molar-refractivity contribution in [2.75, 3.05) is 0 Å². The Morgan fingerprint density at radius 1 is 1.00 bits per heavy atom. The van der Waals surface area contributed by atoms with Crippen molar-refractivity contribution in [3.8, 4) is 0 Å². The predicted octanol–water partition coefficient (Wildman–Crippen LogP) is 2.85. The lowest BCUT2D eigenvalue weighted by Crippen LogP contribution is -2.55. The molecule has 1 rings (SSSR count). The summed E-state index contributed by atoms with van der Waals surface area (Å²) >= 11 is 0. The molecule has 162 valence electrons. The van der Waals surface area contributed by atoms with Gasteiger partial charge in [0.15, 0.2) is 8.32 Å². The van der Waals surface area contributed by atoms with E-state index in [-0.39, 0.29) is 28.8 Å². The molecule has 1 aliphatic rings. The van der Waals surface area contributed by atoms with Crippen molar-refractivity contribution in [1.82, 2.24) is 16.2 Å². The van der Waals surface area contributed by atoms with Gasteiger partial charge in [-0.25, -0.2) is 4.79 Å². The monoisotopic (exact) mass is 415 g/mol. The van der Waals surface area contributed by atoms with Crippen molar-refractivity contribution in [3.05, 3.63) is 0 Å². The van der Waals surface area contributed by atoms with Crippen molar-refractivity contribution in [1.29, 1.82) is 0 Å². The molecule has 0 aromatic rings. The van der Waals surface area contributed by atoms with Crippen LogP contribution >= 0.6 is 0 Å². The fourth-order valence-corrected chi connectivity index (χ4v) is 3.77. The number of carbonyl (C=O) groups excluding carboxylic acids is 3. The molecule has 1 saturated carbocycles. The number of hydrogen-bond acceptors (Lipinski definition) is 5. The molecule has 0 saturated heterocycles. The average molecular weight is 416 g/mol. The smallest absolute Gasteiger partial charge is 0.407 e. The van der Waals surface area contributed by atoms with Crippen LogP contribution in [0.3, 0.4) is 0 Å². The van der Waals surface area contributed by atoms with Crippen LogP contribution in [0.2, 0.25) is 18.1 Å². The summed E-state index contributed by atoms with van der Waals surface area (Å²) < 4.78 is 11.2. The maximum absolute atomic E-state index is 12.2. The van der Waals surface area contributed by atoms with Crippen molar-refractivity contribution in [2.24, 2.45) is 5.92 Å². The number of hydrazine groups is 1. The number of alkyl carbamates (subject to hydrolysis) is 1. The first-order valence-electron chi connectivity index (χ1n) is 9.79. The highest BCUT2D eigenvalue weighted by molar-refractivity contribution is 6.74. The van der Waals surface area contributed by atoms with Crippen molar-refractivity contribution < 1.29 is 23.5 Å². The van der Waals surface area contributed by atoms with E-state index in [1.165, 1.54) is 0 Å². The summed E-state index contributed by atoms with van der Waals surface area (Å²) in [6.07, 6.45) is -0.112. The molecule has 0 radical (unpaired) electrons. The Morgan fingerprint density at radius 3 is 2.00 bits per heavy atom. The van der Waals surface area contributed by atoms with Crippen LogP contribution in [-0.4, -0.2) is 44.0 Å². The van der Waals surface area contributed by atoms with Crippen LogP contribution in [0.25, 0.3) is 0 Å². The molecular weight excluding hydrogens is 378 g/mol. The summed E-state index contributed by atoms with van der Waals surface area (Å²) in [5.74, 6) is -0.895. The number of rotatable bonds is 5. The molecule has 28 heavy (non-hydrogen) atoms. The summed E-state index contributed by atoms with van der Waals surface area (Å²) in [7, 11) is -2.07. The van der Waals surface area contributed by atoms with Crippen LogP contribution in [-0.2, 0) is 18.8 Å². The second-order valence-electron chi connectivity index (χ2n) is 10.0. The number of amides is 3. The molecule has 0 aliphatic heterocycles. The normalized spacial score (nSPS) is 21.2. The molecule has 1 atom stereocenters. The third kappa shape index (κ3) is 7.42.